The minimum absolute atomic E-state index is 0.127. The first-order chi connectivity index (χ1) is 13.5. The van der Waals surface area contributed by atoms with Gasteiger partial charge in [-0.3, -0.25) is 10.3 Å². The molecule has 1 aromatic heterocycles. The van der Waals surface area contributed by atoms with Gasteiger partial charge in [0.05, 0.1) is 12.8 Å². The average molecular weight is 383 g/mol. The van der Waals surface area contributed by atoms with Gasteiger partial charge >= 0.3 is 0 Å². The third kappa shape index (κ3) is 4.98. The molecule has 0 amide bonds. The lowest BCUT2D eigenvalue weighted by atomic mass is 9.99. The van der Waals surface area contributed by atoms with E-state index in [0.717, 1.165) is 56.1 Å². The number of ether oxygens (including phenoxy) is 1. The number of anilines is 1. The Kier molecular flexibility index (Phi) is 6.46. The van der Waals surface area contributed by atoms with Gasteiger partial charge < -0.3 is 15.4 Å². The molecule has 7 heteroatoms. The van der Waals surface area contributed by atoms with Gasteiger partial charge in [0.2, 0.25) is 5.88 Å². The van der Waals surface area contributed by atoms with Crippen molar-refractivity contribution in [3.05, 3.63) is 47.2 Å². The summed E-state index contributed by atoms with van der Waals surface area (Å²) in [6.45, 7) is 8.87. The number of rotatable bonds is 7. The highest BCUT2D eigenvalue weighted by Gasteiger charge is 2.21. The summed E-state index contributed by atoms with van der Waals surface area (Å²) in [6.07, 6.45) is 1.03. The van der Waals surface area contributed by atoms with Crippen molar-refractivity contribution in [2.24, 2.45) is 11.7 Å². The fourth-order valence-electron chi connectivity index (χ4n) is 3.58. The predicted octanol–water partition coefficient (Wildman–Crippen LogP) is 2.29. The summed E-state index contributed by atoms with van der Waals surface area (Å²) in [7, 11) is 1.59. The third-order valence-corrected chi connectivity index (χ3v) is 5.00. The van der Waals surface area contributed by atoms with E-state index in [1.165, 1.54) is 5.56 Å². The normalized spacial score (nSPS) is 15.1. The zero-order chi connectivity index (χ0) is 20.1. The molecule has 0 spiro atoms. The van der Waals surface area contributed by atoms with Crippen LogP contribution < -0.4 is 15.4 Å². The standard InChI is InChI=1S/C21H30N6O/c1-15(2)12-16-4-6-18(21(22)23)19(13-16)27-10-8-26(9-11-27)14-17-5-7-20(28-3)25-24-17/h4-7,13,15H,8-12,14H2,1-3H3,(H3,22,23). The lowest BCUT2D eigenvalue weighted by Crippen LogP contribution is -2.46. The van der Waals surface area contributed by atoms with Crippen LogP contribution in [0, 0.1) is 11.3 Å². The van der Waals surface area contributed by atoms with Crippen LogP contribution in [0.25, 0.3) is 0 Å². The third-order valence-electron chi connectivity index (χ3n) is 5.00. The summed E-state index contributed by atoms with van der Waals surface area (Å²) in [5.41, 5.74) is 9.99. The quantitative estimate of drug-likeness (QED) is 0.564. The number of aromatic nitrogens is 2. The van der Waals surface area contributed by atoms with E-state index in [2.05, 4.69) is 46.0 Å². The second-order valence-electron chi connectivity index (χ2n) is 7.69. The minimum Gasteiger partial charge on any atom is -0.480 e. The lowest BCUT2D eigenvalue weighted by Gasteiger charge is -2.37. The van der Waals surface area contributed by atoms with E-state index in [0.29, 0.717) is 11.8 Å². The number of nitrogens with two attached hydrogens (primary N) is 1. The van der Waals surface area contributed by atoms with Gasteiger partial charge in [0.1, 0.15) is 5.84 Å². The van der Waals surface area contributed by atoms with Crippen molar-refractivity contribution in [1.29, 1.82) is 5.41 Å². The fourth-order valence-corrected chi connectivity index (χ4v) is 3.58. The molecular formula is C21H30N6O. The number of nitrogens with one attached hydrogen (secondary N) is 1. The second-order valence-corrected chi connectivity index (χ2v) is 7.69. The van der Waals surface area contributed by atoms with Crippen LogP contribution in [0.5, 0.6) is 5.88 Å². The Morgan fingerprint density at radius 1 is 1.14 bits per heavy atom. The van der Waals surface area contributed by atoms with Crippen LogP contribution in [-0.4, -0.2) is 54.2 Å². The van der Waals surface area contributed by atoms with Crippen molar-refractivity contribution >= 4 is 11.5 Å². The molecule has 28 heavy (non-hydrogen) atoms. The second kappa shape index (κ2) is 9.01. The van der Waals surface area contributed by atoms with Crippen LogP contribution in [-0.2, 0) is 13.0 Å². The summed E-state index contributed by atoms with van der Waals surface area (Å²) in [5, 5.41) is 16.2. The van der Waals surface area contributed by atoms with Crippen LogP contribution in [0.2, 0.25) is 0 Å². The Morgan fingerprint density at radius 3 is 2.46 bits per heavy atom. The number of hydrogen-bond donors (Lipinski definition) is 2. The van der Waals surface area contributed by atoms with Crippen molar-refractivity contribution < 1.29 is 4.74 Å². The zero-order valence-electron chi connectivity index (χ0n) is 17.0. The molecule has 1 fully saturated rings. The van der Waals surface area contributed by atoms with E-state index in [4.69, 9.17) is 15.9 Å². The van der Waals surface area contributed by atoms with E-state index >= 15 is 0 Å². The van der Waals surface area contributed by atoms with Crippen LogP contribution in [0.1, 0.15) is 30.7 Å². The number of benzene rings is 1. The highest BCUT2D eigenvalue weighted by atomic mass is 16.5. The van der Waals surface area contributed by atoms with E-state index in [-0.39, 0.29) is 5.84 Å². The van der Waals surface area contributed by atoms with Crippen LogP contribution in [0.4, 0.5) is 5.69 Å². The first kappa shape index (κ1) is 20.1. The van der Waals surface area contributed by atoms with Gasteiger partial charge in [0.15, 0.2) is 0 Å². The number of nitrogen functional groups attached to an aromatic ring is 1. The summed E-state index contributed by atoms with van der Waals surface area (Å²) >= 11 is 0. The Morgan fingerprint density at radius 2 is 1.89 bits per heavy atom. The summed E-state index contributed by atoms with van der Waals surface area (Å²) in [6, 6.07) is 10.1. The molecule has 1 saturated heterocycles. The van der Waals surface area contributed by atoms with Gasteiger partial charge in [0, 0.05) is 50.0 Å². The molecule has 7 nitrogen and oxygen atoms in total. The first-order valence-electron chi connectivity index (χ1n) is 9.77. The molecule has 0 bridgehead atoms. The molecule has 150 valence electrons. The largest absolute Gasteiger partial charge is 0.480 e. The molecule has 0 saturated carbocycles. The molecular weight excluding hydrogens is 352 g/mol. The molecule has 3 rings (SSSR count). The first-order valence-corrected chi connectivity index (χ1v) is 9.77. The maximum absolute atomic E-state index is 7.94. The smallest absolute Gasteiger partial charge is 0.233 e. The summed E-state index contributed by atoms with van der Waals surface area (Å²) < 4.78 is 5.06. The van der Waals surface area contributed by atoms with Gasteiger partial charge in [0.25, 0.3) is 0 Å². The Balaban J connectivity index is 1.67. The number of nitrogens with zero attached hydrogens (tertiary/aromatic N) is 4. The predicted molar refractivity (Wildman–Crippen MR) is 112 cm³/mol. The van der Waals surface area contributed by atoms with Crippen molar-refractivity contribution in [3.63, 3.8) is 0 Å². The maximum Gasteiger partial charge on any atom is 0.233 e. The monoisotopic (exact) mass is 382 g/mol. The highest BCUT2D eigenvalue weighted by Crippen LogP contribution is 2.25. The van der Waals surface area contributed by atoms with Gasteiger partial charge in [-0.1, -0.05) is 19.9 Å². The van der Waals surface area contributed by atoms with Crippen molar-refractivity contribution in [3.8, 4) is 5.88 Å². The molecule has 0 radical (unpaired) electrons. The number of amidine groups is 1. The van der Waals surface area contributed by atoms with Gasteiger partial charge in [-0.25, -0.2) is 0 Å². The Labute approximate surface area is 167 Å². The lowest BCUT2D eigenvalue weighted by molar-refractivity contribution is 0.246. The minimum atomic E-state index is 0.127. The molecule has 2 heterocycles. The van der Waals surface area contributed by atoms with E-state index in [9.17, 15) is 0 Å². The van der Waals surface area contributed by atoms with Crippen LogP contribution in [0.3, 0.4) is 0 Å². The van der Waals surface area contributed by atoms with Crippen LogP contribution >= 0.6 is 0 Å². The summed E-state index contributed by atoms with van der Waals surface area (Å²) in [4.78, 5) is 4.72. The Bertz CT molecular complexity index is 797. The topological polar surface area (TPSA) is 91.4 Å². The van der Waals surface area contributed by atoms with Crippen molar-refractivity contribution in [2.45, 2.75) is 26.8 Å². The zero-order valence-corrected chi connectivity index (χ0v) is 17.0. The van der Waals surface area contributed by atoms with E-state index in [1.807, 2.05) is 18.2 Å². The van der Waals surface area contributed by atoms with Crippen molar-refractivity contribution in [2.75, 3.05) is 38.2 Å². The Hall–Kier alpha value is -2.67. The molecule has 3 N–H and O–H groups in total. The number of piperazine rings is 1. The molecule has 0 atom stereocenters. The van der Waals surface area contributed by atoms with Crippen LogP contribution in [0.15, 0.2) is 30.3 Å². The van der Waals surface area contributed by atoms with E-state index < -0.39 is 0 Å². The molecule has 1 aliphatic rings. The maximum atomic E-state index is 7.94. The summed E-state index contributed by atoms with van der Waals surface area (Å²) in [5.74, 6) is 1.26. The van der Waals surface area contributed by atoms with Gasteiger partial charge in [-0.2, -0.15) is 5.10 Å². The SMILES string of the molecule is COc1ccc(CN2CCN(c3cc(CC(C)C)ccc3C(=N)N)CC2)nn1. The fraction of sp³-hybridized carbons (Fsp3) is 0.476. The molecule has 1 aliphatic heterocycles. The molecule has 0 unspecified atom stereocenters. The van der Waals surface area contributed by atoms with Gasteiger partial charge in [-0.05, 0) is 36.1 Å². The van der Waals surface area contributed by atoms with Crippen molar-refractivity contribution in [1.82, 2.24) is 15.1 Å². The molecule has 0 aliphatic carbocycles. The number of hydrogen-bond acceptors (Lipinski definition) is 6. The average Bonchev–Trinajstić information content (AvgIpc) is 2.68. The number of methoxy groups -OCH3 is 1. The molecule has 2 aromatic rings. The highest BCUT2D eigenvalue weighted by molar-refractivity contribution is 6.00. The van der Waals surface area contributed by atoms with E-state index in [1.54, 1.807) is 7.11 Å². The van der Waals surface area contributed by atoms with Gasteiger partial charge in [-0.15, -0.1) is 5.10 Å². The molecule has 1 aromatic carbocycles.